The predicted molar refractivity (Wildman–Crippen MR) is 66.1 cm³/mol. The molecule has 0 aliphatic rings. The Morgan fingerprint density at radius 1 is 1.12 bits per heavy atom. The Bertz CT molecular complexity index is 513. The molecule has 0 atom stereocenters. The maximum atomic E-state index is 10.9. The maximum Gasteiger partial charge on any atom is 0.222 e. The van der Waals surface area contributed by atoms with Gasteiger partial charge in [-0.1, -0.05) is 18.2 Å². The van der Waals surface area contributed by atoms with Crippen LogP contribution in [0.15, 0.2) is 42.7 Å². The van der Waals surface area contributed by atoms with Crippen molar-refractivity contribution >= 4 is 23.2 Å². The van der Waals surface area contributed by atoms with E-state index in [1.807, 2.05) is 30.3 Å². The van der Waals surface area contributed by atoms with Crippen molar-refractivity contribution in [1.82, 2.24) is 9.97 Å². The third-order valence-corrected chi connectivity index (χ3v) is 2.02. The molecule has 0 saturated carbocycles. The molecule has 2 aromatic rings. The fourth-order valence-electron chi connectivity index (χ4n) is 1.34. The van der Waals surface area contributed by atoms with Crippen LogP contribution in [0.25, 0.3) is 0 Å². The molecule has 0 radical (unpaired) electrons. The van der Waals surface area contributed by atoms with E-state index >= 15 is 0 Å². The van der Waals surface area contributed by atoms with Crippen LogP contribution in [-0.4, -0.2) is 15.9 Å². The first-order valence-electron chi connectivity index (χ1n) is 5.16. The summed E-state index contributed by atoms with van der Waals surface area (Å²) < 4.78 is 0. The summed E-state index contributed by atoms with van der Waals surface area (Å²) in [5.74, 6) is 0.954. The van der Waals surface area contributed by atoms with E-state index in [2.05, 4.69) is 20.6 Å². The standard InChI is InChI=1S/C12H12N4O/c1-9(17)15-11-7-12(14-8-13-11)16-10-5-3-2-4-6-10/h2-8H,1H3,(H2,13,14,15,16,17). The summed E-state index contributed by atoms with van der Waals surface area (Å²) in [6, 6.07) is 11.3. The summed E-state index contributed by atoms with van der Waals surface area (Å²) in [4.78, 5) is 18.9. The van der Waals surface area contributed by atoms with Gasteiger partial charge < -0.3 is 10.6 Å². The number of nitrogens with zero attached hydrogens (tertiary/aromatic N) is 2. The SMILES string of the molecule is CC(=O)Nc1cc(Nc2ccccc2)ncn1. The zero-order valence-corrected chi connectivity index (χ0v) is 9.34. The minimum Gasteiger partial charge on any atom is -0.340 e. The predicted octanol–water partition coefficient (Wildman–Crippen LogP) is 2.18. The second-order valence-electron chi connectivity index (χ2n) is 3.46. The molecule has 17 heavy (non-hydrogen) atoms. The highest BCUT2D eigenvalue weighted by Gasteiger charge is 2.00. The summed E-state index contributed by atoms with van der Waals surface area (Å²) in [6.07, 6.45) is 1.40. The molecule has 0 saturated heterocycles. The first-order valence-corrected chi connectivity index (χ1v) is 5.16. The van der Waals surface area contributed by atoms with Gasteiger partial charge in [0.1, 0.15) is 18.0 Å². The van der Waals surface area contributed by atoms with E-state index in [0.29, 0.717) is 11.6 Å². The lowest BCUT2D eigenvalue weighted by molar-refractivity contribution is -0.114. The number of para-hydroxylation sites is 1. The second kappa shape index (κ2) is 5.07. The van der Waals surface area contributed by atoms with Crippen molar-refractivity contribution < 1.29 is 4.79 Å². The molecular formula is C12H12N4O. The van der Waals surface area contributed by atoms with Gasteiger partial charge >= 0.3 is 0 Å². The number of aromatic nitrogens is 2. The number of hydrogen-bond acceptors (Lipinski definition) is 4. The number of amides is 1. The van der Waals surface area contributed by atoms with E-state index in [1.165, 1.54) is 13.3 Å². The first-order chi connectivity index (χ1) is 8.24. The highest BCUT2D eigenvalue weighted by molar-refractivity contribution is 5.87. The lowest BCUT2D eigenvalue weighted by Gasteiger charge is -2.06. The molecule has 1 amide bonds. The van der Waals surface area contributed by atoms with E-state index in [1.54, 1.807) is 6.07 Å². The average molecular weight is 228 g/mol. The van der Waals surface area contributed by atoms with Gasteiger partial charge in [0, 0.05) is 18.7 Å². The molecule has 0 unspecified atom stereocenters. The molecular weight excluding hydrogens is 216 g/mol. The lowest BCUT2D eigenvalue weighted by Crippen LogP contribution is -2.08. The summed E-state index contributed by atoms with van der Waals surface area (Å²) >= 11 is 0. The third kappa shape index (κ3) is 3.27. The number of carbonyl (C=O) groups is 1. The summed E-state index contributed by atoms with van der Waals surface area (Å²) in [5, 5.41) is 5.72. The van der Waals surface area contributed by atoms with E-state index in [-0.39, 0.29) is 5.91 Å². The Labute approximate surface area is 98.9 Å². The van der Waals surface area contributed by atoms with Crippen molar-refractivity contribution in [3.05, 3.63) is 42.7 Å². The van der Waals surface area contributed by atoms with Crippen LogP contribution in [0.2, 0.25) is 0 Å². The highest BCUT2D eigenvalue weighted by atomic mass is 16.1. The van der Waals surface area contributed by atoms with E-state index in [9.17, 15) is 4.79 Å². The number of nitrogens with one attached hydrogen (secondary N) is 2. The van der Waals surface area contributed by atoms with Crippen LogP contribution in [0.5, 0.6) is 0 Å². The monoisotopic (exact) mass is 228 g/mol. The van der Waals surface area contributed by atoms with Crippen LogP contribution in [0.1, 0.15) is 6.92 Å². The molecule has 1 aromatic carbocycles. The van der Waals surface area contributed by atoms with Crippen LogP contribution >= 0.6 is 0 Å². The van der Waals surface area contributed by atoms with Crippen molar-refractivity contribution in [2.24, 2.45) is 0 Å². The Balaban J connectivity index is 2.14. The fraction of sp³-hybridized carbons (Fsp3) is 0.0833. The number of hydrogen-bond donors (Lipinski definition) is 2. The van der Waals surface area contributed by atoms with Gasteiger partial charge in [0.05, 0.1) is 0 Å². The van der Waals surface area contributed by atoms with Gasteiger partial charge in [-0.05, 0) is 12.1 Å². The van der Waals surface area contributed by atoms with Crippen LogP contribution in [-0.2, 0) is 4.79 Å². The largest absolute Gasteiger partial charge is 0.340 e. The first kappa shape index (κ1) is 11.1. The van der Waals surface area contributed by atoms with Gasteiger partial charge in [-0.3, -0.25) is 4.79 Å². The van der Waals surface area contributed by atoms with Gasteiger partial charge in [0.2, 0.25) is 5.91 Å². The van der Waals surface area contributed by atoms with Gasteiger partial charge in [0.25, 0.3) is 0 Å². The van der Waals surface area contributed by atoms with Crippen molar-refractivity contribution in [2.75, 3.05) is 10.6 Å². The summed E-state index contributed by atoms with van der Waals surface area (Å²) in [7, 11) is 0. The van der Waals surface area contributed by atoms with Crippen LogP contribution in [0.4, 0.5) is 17.3 Å². The van der Waals surface area contributed by atoms with Crippen LogP contribution in [0.3, 0.4) is 0 Å². The normalized spacial score (nSPS) is 9.71. The van der Waals surface area contributed by atoms with Crippen molar-refractivity contribution in [3.63, 3.8) is 0 Å². The number of rotatable bonds is 3. The number of benzene rings is 1. The molecule has 0 aliphatic heterocycles. The van der Waals surface area contributed by atoms with E-state index in [4.69, 9.17) is 0 Å². The maximum absolute atomic E-state index is 10.9. The Morgan fingerprint density at radius 2 is 1.82 bits per heavy atom. The van der Waals surface area contributed by atoms with Crippen molar-refractivity contribution in [3.8, 4) is 0 Å². The smallest absolute Gasteiger partial charge is 0.222 e. The van der Waals surface area contributed by atoms with Crippen LogP contribution < -0.4 is 10.6 Å². The molecule has 1 heterocycles. The third-order valence-electron chi connectivity index (χ3n) is 2.02. The number of carbonyl (C=O) groups excluding carboxylic acids is 1. The van der Waals surface area contributed by atoms with Crippen molar-refractivity contribution in [1.29, 1.82) is 0 Å². The molecule has 0 bridgehead atoms. The number of anilines is 3. The Morgan fingerprint density at radius 3 is 2.53 bits per heavy atom. The molecule has 2 N–H and O–H groups in total. The highest BCUT2D eigenvalue weighted by Crippen LogP contribution is 2.15. The zero-order valence-electron chi connectivity index (χ0n) is 9.34. The lowest BCUT2D eigenvalue weighted by atomic mass is 10.3. The molecule has 1 aromatic heterocycles. The Kier molecular flexibility index (Phi) is 3.30. The molecule has 0 fully saturated rings. The fourth-order valence-corrected chi connectivity index (χ4v) is 1.34. The van der Waals surface area contributed by atoms with E-state index in [0.717, 1.165) is 5.69 Å². The summed E-state index contributed by atoms with van der Waals surface area (Å²) in [6.45, 7) is 1.44. The average Bonchev–Trinajstić information content (AvgIpc) is 2.30. The molecule has 5 nitrogen and oxygen atoms in total. The Hall–Kier alpha value is -2.43. The molecule has 86 valence electrons. The van der Waals surface area contributed by atoms with Gasteiger partial charge in [-0.15, -0.1) is 0 Å². The quantitative estimate of drug-likeness (QED) is 0.845. The molecule has 2 rings (SSSR count). The van der Waals surface area contributed by atoms with Crippen LogP contribution in [0, 0.1) is 0 Å². The second-order valence-corrected chi connectivity index (χ2v) is 3.46. The van der Waals surface area contributed by atoms with Crippen molar-refractivity contribution in [2.45, 2.75) is 6.92 Å². The molecule has 5 heteroatoms. The summed E-state index contributed by atoms with van der Waals surface area (Å²) in [5.41, 5.74) is 0.931. The molecule has 0 spiro atoms. The van der Waals surface area contributed by atoms with E-state index < -0.39 is 0 Å². The van der Waals surface area contributed by atoms with Gasteiger partial charge in [-0.25, -0.2) is 9.97 Å². The van der Waals surface area contributed by atoms with Gasteiger partial charge in [0.15, 0.2) is 0 Å². The molecule has 0 aliphatic carbocycles. The zero-order chi connectivity index (χ0) is 12.1. The van der Waals surface area contributed by atoms with Gasteiger partial charge in [-0.2, -0.15) is 0 Å². The minimum absolute atomic E-state index is 0.158. The topological polar surface area (TPSA) is 66.9 Å². The minimum atomic E-state index is -0.158.